The summed E-state index contributed by atoms with van der Waals surface area (Å²) in [5.74, 6) is 0.00306. The van der Waals surface area contributed by atoms with Gasteiger partial charge in [0.1, 0.15) is 0 Å². The van der Waals surface area contributed by atoms with Crippen LogP contribution in [0.2, 0.25) is 0 Å². The number of benzene rings is 1. The van der Waals surface area contributed by atoms with Gasteiger partial charge in [0.25, 0.3) is 5.91 Å². The quantitative estimate of drug-likeness (QED) is 0.866. The van der Waals surface area contributed by atoms with Crippen LogP contribution in [-0.2, 0) is 0 Å². The molecule has 1 unspecified atom stereocenters. The fourth-order valence-corrected chi connectivity index (χ4v) is 1.44. The Morgan fingerprint density at radius 3 is 2.59 bits per heavy atom. The lowest BCUT2D eigenvalue weighted by molar-refractivity contribution is 0.0950. The van der Waals surface area contributed by atoms with E-state index >= 15 is 0 Å². The molecule has 2 N–H and O–H groups in total. The SMILES string of the molecule is CNC(C)CNC(=O)c1cccc(C)c1C.Cl. The number of nitrogens with one attached hydrogen (secondary N) is 2. The molecule has 0 heterocycles. The number of hydrogen-bond acceptors (Lipinski definition) is 2. The Kier molecular flexibility index (Phi) is 6.85. The fraction of sp³-hybridized carbons (Fsp3) is 0.462. The highest BCUT2D eigenvalue weighted by molar-refractivity contribution is 5.95. The second kappa shape index (κ2) is 7.30. The first-order chi connectivity index (χ1) is 7.56. The Bertz CT molecular complexity index is 380. The van der Waals surface area contributed by atoms with Crippen molar-refractivity contribution in [1.82, 2.24) is 10.6 Å². The van der Waals surface area contributed by atoms with Crippen LogP contribution >= 0.6 is 12.4 Å². The fourth-order valence-electron chi connectivity index (χ4n) is 1.44. The van der Waals surface area contributed by atoms with Crippen LogP contribution in [0.3, 0.4) is 0 Å². The third kappa shape index (κ3) is 4.36. The highest BCUT2D eigenvalue weighted by atomic mass is 35.5. The van der Waals surface area contributed by atoms with Crippen molar-refractivity contribution in [2.45, 2.75) is 26.8 Å². The van der Waals surface area contributed by atoms with Crippen LogP contribution in [0.5, 0.6) is 0 Å². The second-order valence-electron chi connectivity index (χ2n) is 4.15. The molecule has 1 aromatic carbocycles. The monoisotopic (exact) mass is 256 g/mol. The Morgan fingerprint density at radius 1 is 1.35 bits per heavy atom. The van der Waals surface area contributed by atoms with Gasteiger partial charge in [-0.25, -0.2) is 0 Å². The van der Waals surface area contributed by atoms with E-state index in [4.69, 9.17) is 0 Å². The van der Waals surface area contributed by atoms with Crippen LogP contribution in [0.4, 0.5) is 0 Å². The van der Waals surface area contributed by atoms with Crippen molar-refractivity contribution in [1.29, 1.82) is 0 Å². The van der Waals surface area contributed by atoms with Crippen molar-refractivity contribution < 1.29 is 4.79 Å². The third-order valence-electron chi connectivity index (χ3n) is 2.91. The third-order valence-corrected chi connectivity index (χ3v) is 2.91. The van der Waals surface area contributed by atoms with E-state index in [0.717, 1.165) is 16.7 Å². The van der Waals surface area contributed by atoms with Crippen molar-refractivity contribution in [3.63, 3.8) is 0 Å². The lowest BCUT2D eigenvalue weighted by atomic mass is 10.0. The van der Waals surface area contributed by atoms with Crippen molar-refractivity contribution in [2.75, 3.05) is 13.6 Å². The van der Waals surface area contributed by atoms with E-state index in [9.17, 15) is 4.79 Å². The zero-order chi connectivity index (χ0) is 12.1. The number of carbonyl (C=O) groups is 1. The predicted octanol–water partition coefficient (Wildman–Crippen LogP) is 2.06. The van der Waals surface area contributed by atoms with Gasteiger partial charge in [0.2, 0.25) is 0 Å². The van der Waals surface area contributed by atoms with Gasteiger partial charge in [0, 0.05) is 18.2 Å². The molecule has 0 aliphatic rings. The van der Waals surface area contributed by atoms with E-state index in [2.05, 4.69) is 10.6 Å². The average molecular weight is 257 g/mol. The van der Waals surface area contributed by atoms with Crippen LogP contribution in [0.15, 0.2) is 18.2 Å². The second-order valence-corrected chi connectivity index (χ2v) is 4.15. The Balaban J connectivity index is 0.00000256. The minimum absolute atomic E-state index is 0. The molecule has 0 saturated carbocycles. The molecule has 0 fully saturated rings. The number of carbonyl (C=O) groups excluding carboxylic acids is 1. The summed E-state index contributed by atoms with van der Waals surface area (Å²) < 4.78 is 0. The zero-order valence-corrected chi connectivity index (χ0v) is 11.6. The van der Waals surface area contributed by atoms with E-state index in [1.807, 2.05) is 46.0 Å². The first kappa shape index (κ1) is 15.9. The van der Waals surface area contributed by atoms with Crippen LogP contribution in [0.1, 0.15) is 28.4 Å². The van der Waals surface area contributed by atoms with Crippen LogP contribution in [0.25, 0.3) is 0 Å². The first-order valence-corrected chi connectivity index (χ1v) is 5.58. The summed E-state index contributed by atoms with van der Waals surface area (Å²) in [6.07, 6.45) is 0. The van der Waals surface area contributed by atoms with E-state index in [1.54, 1.807) is 0 Å². The lowest BCUT2D eigenvalue weighted by Crippen LogP contribution is -2.37. The molecule has 0 bridgehead atoms. The van der Waals surface area contributed by atoms with Crippen molar-refractivity contribution in [3.8, 4) is 0 Å². The van der Waals surface area contributed by atoms with Gasteiger partial charge >= 0.3 is 0 Å². The van der Waals surface area contributed by atoms with E-state index in [0.29, 0.717) is 6.54 Å². The number of likely N-dealkylation sites (N-methyl/N-ethyl adjacent to an activating group) is 1. The molecule has 3 nitrogen and oxygen atoms in total. The molecule has 4 heteroatoms. The van der Waals surface area contributed by atoms with Gasteiger partial charge in [-0.1, -0.05) is 12.1 Å². The first-order valence-electron chi connectivity index (χ1n) is 5.58. The average Bonchev–Trinajstić information content (AvgIpc) is 2.29. The Hall–Kier alpha value is -1.06. The number of halogens is 1. The maximum absolute atomic E-state index is 11.9. The summed E-state index contributed by atoms with van der Waals surface area (Å²) in [7, 11) is 1.88. The summed E-state index contributed by atoms with van der Waals surface area (Å²) in [5, 5.41) is 6.00. The molecule has 0 aliphatic heterocycles. The number of aryl methyl sites for hydroxylation is 1. The normalized spacial score (nSPS) is 11.5. The molecule has 17 heavy (non-hydrogen) atoms. The minimum Gasteiger partial charge on any atom is -0.350 e. The van der Waals surface area contributed by atoms with Gasteiger partial charge in [-0.2, -0.15) is 0 Å². The standard InChI is InChI=1S/C13H20N2O.ClH/c1-9-6-5-7-12(11(9)3)13(16)15-8-10(2)14-4;/h5-7,10,14H,8H2,1-4H3,(H,15,16);1H. The van der Waals surface area contributed by atoms with Crippen LogP contribution in [0, 0.1) is 13.8 Å². The van der Waals surface area contributed by atoms with Crippen LogP contribution < -0.4 is 10.6 Å². The summed E-state index contributed by atoms with van der Waals surface area (Å²) in [6, 6.07) is 6.08. The van der Waals surface area contributed by atoms with Gasteiger partial charge < -0.3 is 10.6 Å². The Labute approximate surface area is 109 Å². The van der Waals surface area contributed by atoms with Crippen molar-refractivity contribution in [3.05, 3.63) is 34.9 Å². The van der Waals surface area contributed by atoms with Crippen molar-refractivity contribution >= 4 is 18.3 Å². The van der Waals surface area contributed by atoms with E-state index < -0.39 is 0 Å². The van der Waals surface area contributed by atoms with Gasteiger partial charge in [-0.15, -0.1) is 12.4 Å². The molecule has 0 aromatic heterocycles. The topological polar surface area (TPSA) is 41.1 Å². The molecular weight excluding hydrogens is 236 g/mol. The molecule has 0 saturated heterocycles. The van der Waals surface area contributed by atoms with Gasteiger partial charge in [-0.3, -0.25) is 4.79 Å². The van der Waals surface area contributed by atoms with Gasteiger partial charge in [-0.05, 0) is 45.0 Å². The Morgan fingerprint density at radius 2 is 2.00 bits per heavy atom. The number of amides is 1. The molecule has 1 amide bonds. The molecule has 1 aromatic rings. The predicted molar refractivity (Wildman–Crippen MR) is 74.0 cm³/mol. The molecular formula is C13H21ClN2O. The highest BCUT2D eigenvalue weighted by Crippen LogP contribution is 2.12. The highest BCUT2D eigenvalue weighted by Gasteiger charge is 2.10. The molecule has 1 rings (SSSR count). The van der Waals surface area contributed by atoms with E-state index in [1.165, 1.54) is 0 Å². The van der Waals surface area contributed by atoms with Gasteiger partial charge in [0.15, 0.2) is 0 Å². The smallest absolute Gasteiger partial charge is 0.251 e. The molecule has 0 spiro atoms. The van der Waals surface area contributed by atoms with E-state index in [-0.39, 0.29) is 24.4 Å². The van der Waals surface area contributed by atoms with Gasteiger partial charge in [0.05, 0.1) is 0 Å². The summed E-state index contributed by atoms with van der Waals surface area (Å²) in [5.41, 5.74) is 2.97. The molecule has 0 aliphatic carbocycles. The molecule has 96 valence electrons. The summed E-state index contributed by atoms with van der Waals surface area (Å²) in [6.45, 7) is 6.67. The van der Waals surface area contributed by atoms with Crippen LogP contribution in [-0.4, -0.2) is 25.5 Å². The number of rotatable bonds is 4. The maximum atomic E-state index is 11.9. The molecule has 1 atom stereocenters. The summed E-state index contributed by atoms with van der Waals surface area (Å²) >= 11 is 0. The lowest BCUT2D eigenvalue weighted by Gasteiger charge is -2.13. The largest absolute Gasteiger partial charge is 0.350 e. The molecule has 0 radical (unpaired) electrons. The van der Waals surface area contributed by atoms with Crippen molar-refractivity contribution in [2.24, 2.45) is 0 Å². The summed E-state index contributed by atoms with van der Waals surface area (Å²) in [4.78, 5) is 11.9. The minimum atomic E-state index is 0. The zero-order valence-electron chi connectivity index (χ0n) is 10.8. The number of hydrogen-bond donors (Lipinski definition) is 2. The maximum Gasteiger partial charge on any atom is 0.251 e.